The van der Waals surface area contributed by atoms with Crippen LogP contribution in [0.25, 0.3) is 0 Å². The van der Waals surface area contributed by atoms with E-state index in [0.717, 1.165) is 23.2 Å². The highest BCUT2D eigenvalue weighted by Crippen LogP contribution is 2.34. The first-order valence-corrected chi connectivity index (χ1v) is 8.47. The van der Waals surface area contributed by atoms with Gasteiger partial charge in [-0.2, -0.15) is 0 Å². The van der Waals surface area contributed by atoms with Crippen molar-refractivity contribution in [2.75, 3.05) is 6.54 Å². The number of halogens is 1. The second-order valence-electron chi connectivity index (χ2n) is 4.80. The lowest BCUT2D eigenvalue weighted by molar-refractivity contribution is 0.527. The van der Waals surface area contributed by atoms with Crippen LogP contribution in [0.3, 0.4) is 0 Å². The molecule has 0 saturated heterocycles. The number of nitrogens with one attached hydrogen (secondary N) is 1. The second-order valence-corrected chi connectivity index (χ2v) is 6.77. The van der Waals surface area contributed by atoms with Gasteiger partial charge in [-0.1, -0.05) is 40.7 Å². The Morgan fingerprint density at radius 2 is 2.15 bits per heavy atom. The van der Waals surface area contributed by atoms with Gasteiger partial charge in [0.15, 0.2) is 0 Å². The van der Waals surface area contributed by atoms with E-state index in [4.69, 9.17) is 4.42 Å². The Labute approximate surface area is 133 Å². The topological polar surface area (TPSA) is 25.2 Å². The molecule has 0 aliphatic carbocycles. The van der Waals surface area contributed by atoms with Crippen molar-refractivity contribution in [1.29, 1.82) is 0 Å². The van der Waals surface area contributed by atoms with Gasteiger partial charge in [-0.05, 0) is 50.6 Å². The first-order chi connectivity index (χ1) is 9.61. The van der Waals surface area contributed by atoms with Crippen molar-refractivity contribution in [2.24, 2.45) is 0 Å². The second kappa shape index (κ2) is 7.34. The normalized spacial score (nSPS) is 12.6. The predicted octanol–water partition coefficient (Wildman–Crippen LogP) is 5.56. The minimum absolute atomic E-state index is 0.360. The van der Waals surface area contributed by atoms with Crippen molar-refractivity contribution >= 4 is 27.7 Å². The van der Waals surface area contributed by atoms with Crippen LogP contribution in [0.5, 0.6) is 0 Å². The zero-order valence-corrected chi connectivity index (χ0v) is 14.5. The van der Waals surface area contributed by atoms with Gasteiger partial charge >= 0.3 is 0 Å². The van der Waals surface area contributed by atoms with Crippen LogP contribution in [0, 0.1) is 6.92 Å². The lowest BCUT2D eigenvalue weighted by atomic mass is 10.1. The molecule has 1 heterocycles. The third-order valence-electron chi connectivity index (χ3n) is 3.18. The highest BCUT2D eigenvalue weighted by Gasteiger charge is 2.10. The Bertz CT molecular complexity index is 567. The molecule has 20 heavy (non-hydrogen) atoms. The number of rotatable bonds is 6. The van der Waals surface area contributed by atoms with E-state index in [1.54, 1.807) is 18.0 Å². The van der Waals surface area contributed by atoms with Crippen molar-refractivity contribution in [3.05, 3.63) is 46.3 Å². The summed E-state index contributed by atoms with van der Waals surface area (Å²) >= 11 is 5.41. The van der Waals surface area contributed by atoms with Gasteiger partial charge < -0.3 is 9.73 Å². The van der Waals surface area contributed by atoms with Crippen molar-refractivity contribution in [2.45, 2.75) is 43.0 Å². The number of benzene rings is 1. The van der Waals surface area contributed by atoms with E-state index in [1.165, 1.54) is 15.4 Å². The fourth-order valence-corrected chi connectivity index (χ4v) is 3.76. The monoisotopic (exact) mass is 353 g/mol. The van der Waals surface area contributed by atoms with Gasteiger partial charge in [-0.15, -0.1) is 0 Å². The molecule has 0 aliphatic heterocycles. The maximum Gasteiger partial charge on any atom is 0.114 e. The van der Waals surface area contributed by atoms with Crippen LogP contribution < -0.4 is 5.32 Å². The van der Waals surface area contributed by atoms with Gasteiger partial charge in [-0.25, -0.2) is 0 Å². The van der Waals surface area contributed by atoms with E-state index >= 15 is 0 Å². The van der Waals surface area contributed by atoms with Crippen LogP contribution in [0.4, 0.5) is 0 Å². The Hall–Kier alpha value is -0.710. The van der Waals surface area contributed by atoms with Crippen LogP contribution in [-0.4, -0.2) is 6.54 Å². The molecule has 1 atom stereocenters. The minimum Gasteiger partial charge on any atom is -0.468 e. The molecular formula is C16H20BrNOS. The molecule has 1 aromatic heterocycles. The number of hydrogen-bond donors (Lipinski definition) is 1. The molecule has 0 radical (unpaired) electrons. The Balaban J connectivity index is 2.11. The van der Waals surface area contributed by atoms with Crippen molar-refractivity contribution in [1.82, 2.24) is 5.32 Å². The molecule has 0 aliphatic rings. The van der Waals surface area contributed by atoms with Crippen molar-refractivity contribution in [3.63, 3.8) is 0 Å². The zero-order valence-electron chi connectivity index (χ0n) is 12.1. The van der Waals surface area contributed by atoms with Crippen molar-refractivity contribution < 1.29 is 4.42 Å². The molecule has 1 N–H and O–H groups in total. The summed E-state index contributed by atoms with van der Waals surface area (Å²) in [6, 6.07) is 8.90. The minimum atomic E-state index is 0.360. The summed E-state index contributed by atoms with van der Waals surface area (Å²) < 4.78 is 6.48. The maximum atomic E-state index is 5.33. The highest BCUT2D eigenvalue weighted by atomic mass is 79.9. The first kappa shape index (κ1) is 15.7. The molecule has 108 valence electrons. The number of aryl methyl sites for hydroxylation is 1. The van der Waals surface area contributed by atoms with Gasteiger partial charge in [0.05, 0.1) is 11.2 Å². The summed E-state index contributed by atoms with van der Waals surface area (Å²) in [5, 5.41) is 3.51. The predicted molar refractivity (Wildman–Crippen MR) is 88.4 cm³/mol. The molecule has 2 nitrogen and oxygen atoms in total. The summed E-state index contributed by atoms with van der Waals surface area (Å²) in [5.74, 6) is 0.966. The summed E-state index contributed by atoms with van der Waals surface area (Å²) in [5.41, 5.74) is 1.30. The molecule has 0 fully saturated rings. The molecule has 1 unspecified atom stereocenters. The SMILES string of the molecule is CCCNC(C)c1ccc(Sc2ccoc2C)cc1Br. The van der Waals surface area contributed by atoms with Gasteiger partial charge in [0.25, 0.3) is 0 Å². The summed E-state index contributed by atoms with van der Waals surface area (Å²) in [4.78, 5) is 2.38. The third-order valence-corrected chi connectivity index (χ3v) is 5.00. The maximum absolute atomic E-state index is 5.33. The summed E-state index contributed by atoms with van der Waals surface area (Å²) in [7, 11) is 0. The molecule has 0 spiro atoms. The largest absolute Gasteiger partial charge is 0.468 e. The molecule has 0 bridgehead atoms. The van der Waals surface area contributed by atoms with E-state index in [9.17, 15) is 0 Å². The standard InChI is InChI=1S/C16H20BrNOS/c1-4-8-18-11(2)14-6-5-13(10-15(14)17)20-16-7-9-19-12(16)3/h5-7,9-11,18H,4,8H2,1-3H3. The van der Waals surface area contributed by atoms with E-state index in [-0.39, 0.29) is 0 Å². The molecule has 0 saturated carbocycles. The van der Waals surface area contributed by atoms with Crippen LogP contribution in [0.1, 0.15) is 37.6 Å². The zero-order chi connectivity index (χ0) is 14.5. The van der Waals surface area contributed by atoms with Gasteiger partial charge in [0.2, 0.25) is 0 Å². The number of furan rings is 1. The molecule has 4 heteroatoms. The Morgan fingerprint density at radius 1 is 1.35 bits per heavy atom. The van der Waals surface area contributed by atoms with E-state index in [2.05, 4.69) is 53.3 Å². The van der Waals surface area contributed by atoms with Crippen LogP contribution in [-0.2, 0) is 0 Å². The fraction of sp³-hybridized carbons (Fsp3) is 0.375. The molecular weight excluding hydrogens is 334 g/mol. The van der Waals surface area contributed by atoms with Crippen LogP contribution >= 0.6 is 27.7 Å². The number of hydrogen-bond acceptors (Lipinski definition) is 3. The quantitative estimate of drug-likeness (QED) is 0.735. The van der Waals surface area contributed by atoms with Gasteiger partial charge in [-0.3, -0.25) is 0 Å². The summed E-state index contributed by atoms with van der Waals surface area (Å²) in [6.07, 6.45) is 2.88. The smallest absolute Gasteiger partial charge is 0.114 e. The Kier molecular flexibility index (Phi) is 5.75. The van der Waals surface area contributed by atoms with E-state index in [1.807, 2.05) is 13.0 Å². The average molecular weight is 354 g/mol. The average Bonchev–Trinajstić information content (AvgIpc) is 2.82. The molecule has 0 amide bonds. The van der Waals surface area contributed by atoms with Gasteiger partial charge in [0, 0.05) is 15.4 Å². The molecule has 2 aromatic rings. The first-order valence-electron chi connectivity index (χ1n) is 6.86. The van der Waals surface area contributed by atoms with E-state index in [0.29, 0.717) is 6.04 Å². The third kappa shape index (κ3) is 3.90. The lowest BCUT2D eigenvalue weighted by Crippen LogP contribution is -2.19. The lowest BCUT2D eigenvalue weighted by Gasteiger charge is -2.16. The molecule has 1 aromatic carbocycles. The van der Waals surface area contributed by atoms with Gasteiger partial charge in [0.1, 0.15) is 5.76 Å². The fourth-order valence-electron chi connectivity index (χ4n) is 2.00. The Morgan fingerprint density at radius 3 is 2.75 bits per heavy atom. The van der Waals surface area contributed by atoms with Crippen LogP contribution in [0.2, 0.25) is 0 Å². The summed E-state index contributed by atoms with van der Waals surface area (Å²) in [6.45, 7) is 7.41. The molecule has 2 rings (SSSR count). The van der Waals surface area contributed by atoms with E-state index < -0.39 is 0 Å². The highest BCUT2D eigenvalue weighted by molar-refractivity contribution is 9.10. The van der Waals surface area contributed by atoms with Crippen LogP contribution in [0.15, 0.2) is 49.2 Å². The van der Waals surface area contributed by atoms with Crippen molar-refractivity contribution in [3.8, 4) is 0 Å².